The molecule has 23 heavy (non-hydrogen) atoms. The minimum atomic E-state index is -0.790. The van der Waals surface area contributed by atoms with E-state index in [1.165, 1.54) is 11.0 Å². The van der Waals surface area contributed by atoms with E-state index in [0.29, 0.717) is 25.1 Å². The number of nitro groups is 1. The molecule has 1 aliphatic carbocycles. The summed E-state index contributed by atoms with van der Waals surface area (Å²) in [6.07, 6.45) is 3.39. The number of hydrogen-bond donors (Lipinski definition) is 1. The van der Waals surface area contributed by atoms with Gasteiger partial charge in [0.15, 0.2) is 0 Å². The quantitative estimate of drug-likeness (QED) is 0.637. The zero-order valence-electron chi connectivity index (χ0n) is 13.6. The van der Waals surface area contributed by atoms with Gasteiger partial charge in [-0.25, -0.2) is 0 Å². The second kappa shape index (κ2) is 6.95. The maximum Gasteiger partial charge on any atom is 0.292 e. The van der Waals surface area contributed by atoms with Gasteiger partial charge in [0.25, 0.3) is 5.69 Å². The van der Waals surface area contributed by atoms with Gasteiger partial charge in [0.2, 0.25) is 5.91 Å². The van der Waals surface area contributed by atoms with E-state index in [2.05, 4.69) is 0 Å². The zero-order valence-corrected chi connectivity index (χ0v) is 13.6. The van der Waals surface area contributed by atoms with Gasteiger partial charge in [0.05, 0.1) is 17.1 Å². The molecule has 1 saturated carbocycles. The van der Waals surface area contributed by atoms with Crippen LogP contribution in [0.1, 0.15) is 25.7 Å². The van der Waals surface area contributed by atoms with Crippen molar-refractivity contribution < 1.29 is 14.8 Å². The van der Waals surface area contributed by atoms with Crippen molar-refractivity contribution >= 4 is 17.3 Å². The molecule has 0 unspecified atom stereocenters. The monoisotopic (exact) mass is 321 g/mol. The first kappa shape index (κ1) is 17.2. The van der Waals surface area contributed by atoms with Crippen LogP contribution in [0.2, 0.25) is 0 Å². The zero-order chi connectivity index (χ0) is 17.0. The van der Waals surface area contributed by atoms with Crippen LogP contribution in [0.5, 0.6) is 0 Å². The molecule has 0 atom stereocenters. The second-order valence-electron chi connectivity index (χ2n) is 6.28. The van der Waals surface area contributed by atoms with E-state index in [4.69, 9.17) is 0 Å². The molecule has 0 aromatic heterocycles. The molecule has 1 aliphatic rings. The van der Waals surface area contributed by atoms with Crippen molar-refractivity contribution in [1.82, 2.24) is 4.90 Å². The molecule has 0 bridgehead atoms. The summed E-state index contributed by atoms with van der Waals surface area (Å²) in [6, 6.07) is 6.34. The van der Waals surface area contributed by atoms with E-state index in [9.17, 15) is 20.0 Å². The Kier molecular flexibility index (Phi) is 5.20. The molecule has 1 fully saturated rings. The number of carbonyl (C=O) groups is 1. The molecule has 2 rings (SSSR count). The van der Waals surface area contributed by atoms with Crippen molar-refractivity contribution in [2.45, 2.75) is 31.3 Å². The van der Waals surface area contributed by atoms with Crippen LogP contribution in [0.4, 0.5) is 11.4 Å². The van der Waals surface area contributed by atoms with Crippen LogP contribution in [0, 0.1) is 10.1 Å². The largest absolute Gasteiger partial charge is 0.388 e. The van der Waals surface area contributed by atoms with Crippen molar-refractivity contribution in [1.29, 1.82) is 0 Å². The first-order valence-corrected chi connectivity index (χ1v) is 7.73. The molecular formula is C16H23N3O4. The van der Waals surface area contributed by atoms with Crippen molar-refractivity contribution in [2.24, 2.45) is 0 Å². The van der Waals surface area contributed by atoms with Gasteiger partial charge in [0.1, 0.15) is 5.69 Å². The van der Waals surface area contributed by atoms with Crippen LogP contribution in [0.3, 0.4) is 0 Å². The number of hydrogen-bond acceptors (Lipinski definition) is 5. The van der Waals surface area contributed by atoms with Crippen molar-refractivity contribution in [3.05, 3.63) is 34.4 Å². The first-order chi connectivity index (χ1) is 10.8. The van der Waals surface area contributed by atoms with Crippen molar-refractivity contribution in [3.63, 3.8) is 0 Å². The SMILES string of the molecule is CN(CC1(O)CCCC1)C(=O)CN(C)c1ccccc1[N+](=O)[O-]. The average molecular weight is 321 g/mol. The summed E-state index contributed by atoms with van der Waals surface area (Å²) in [7, 11) is 3.31. The molecule has 0 radical (unpaired) electrons. The lowest BCUT2D eigenvalue weighted by Crippen LogP contribution is -2.45. The standard InChI is InChI=1S/C16H23N3O4/c1-17(13-7-3-4-8-14(13)19(22)23)11-15(20)18(2)12-16(21)9-5-6-10-16/h3-4,7-8,21H,5-6,9-12H2,1-2H3. The van der Waals surface area contributed by atoms with E-state index in [1.807, 2.05) is 0 Å². The topological polar surface area (TPSA) is 86.9 Å². The number of aliphatic hydroxyl groups is 1. The maximum absolute atomic E-state index is 12.3. The summed E-state index contributed by atoms with van der Waals surface area (Å²) in [6.45, 7) is 0.327. The Morgan fingerprint density at radius 3 is 2.52 bits per heavy atom. The number of amides is 1. The Labute approximate surface area is 135 Å². The Bertz CT molecular complexity index is 584. The molecule has 126 valence electrons. The molecule has 7 nitrogen and oxygen atoms in total. The highest BCUT2D eigenvalue weighted by Gasteiger charge is 2.33. The van der Waals surface area contributed by atoms with E-state index < -0.39 is 10.5 Å². The molecule has 0 spiro atoms. The number of benzene rings is 1. The molecule has 1 aromatic carbocycles. The number of nitro benzene ring substituents is 1. The fraction of sp³-hybridized carbons (Fsp3) is 0.562. The van der Waals surface area contributed by atoms with Gasteiger partial charge in [-0.2, -0.15) is 0 Å². The summed E-state index contributed by atoms with van der Waals surface area (Å²) in [5.41, 5.74) is -0.416. The highest BCUT2D eigenvalue weighted by Crippen LogP contribution is 2.30. The smallest absolute Gasteiger partial charge is 0.292 e. The van der Waals surface area contributed by atoms with Crippen LogP contribution < -0.4 is 4.90 Å². The van der Waals surface area contributed by atoms with Crippen LogP contribution in [-0.4, -0.2) is 53.6 Å². The van der Waals surface area contributed by atoms with Gasteiger partial charge in [-0.3, -0.25) is 14.9 Å². The molecule has 0 heterocycles. The average Bonchev–Trinajstić information content (AvgIpc) is 2.93. The van der Waals surface area contributed by atoms with Crippen LogP contribution in [0.25, 0.3) is 0 Å². The fourth-order valence-electron chi connectivity index (χ4n) is 3.07. The van der Waals surface area contributed by atoms with Gasteiger partial charge in [-0.15, -0.1) is 0 Å². The van der Waals surface area contributed by atoms with Crippen molar-refractivity contribution in [2.75, 3.05) is 32.1 Å². The van der Waals surface area contributed by atoms with Gasteiger partial charge in [-0.05, 0) is 18.9 Å². The molecule has 0 aliphatic heterocycles. The lowest BCUT2D eigenvalue weighted by atomic mass is 10.0. The lowest BCUT2D eigenvalue weighted by Gasteiger charge is -2.30. The summed E-state index contributed by atoms with van der Waals surface area (Å²) in [5, 5.41) is 21.5. The van der Waals surface area contributed by atoms with E-state index in [1.54, 1.807) is 37.2 Å². The Morgan fingerprint density at radius 2 is 1.91 bits per heavy atom. The summed E-state index contributed by atoms with van der Waals surface area (Å²) >= 11 is 0. The third-order valence-corrected chi connectivity index (χ3v) is 4.35. The van der Waals surface area contributed by atoms with E-state index >= 15 is 0 Å². The van der Waals surface area contributed by atoms with Gasteiger partial charge in [-0.1, -0.05) is 25.0 Å². The van der Waals surface area contributed by atoms with Crippen LogP contribution in [0.15, 0.2) is 24.3 Å². The fourth-order valence-corrected chi connectivity index (χ4v) is 3.07. The third kappa shape index (κ3) is 4.19. The van der Waals surface area contributed by atoms with Crippen molar-refractivity contribution in [3.8, 4) is 0 Å². The van der Waals surface area contributed by atoms with Crippen LogP contribution >= 0.6 is 0 Å². The molecule has 1 aromatic rings. The Hall–Kier alpha value is -2.15. The van der Waals surface area contributed by atoms with E-state index in [0.717, 1.165) is 12.8 Å². The summed E-state index contributed by atoms with van der Waals surface area (Å²) < 4.78 is 0. The van der Waals surface area contributed by atoms with Gasteiger partial charge in [0, 0.05) is 26.7 Å². The first-order valence-electron chi connectivity index (χ1n) is 7.73. The Morgan fingerprint density at radius 1 is 1.30 bits per heavy atom. The second-order valence-corrected chi connectivity index (χ2v) is 6.28. The van der Waals surface area contributed by atoms with E-state index in [-0.39, 0.29) is 18.1 Å². The predicted octanol–water partition coefficient (Wildman–Crippen LogP) is 1.79. The maximum atomic E-state index is 12.3. The lowest BCUT2D eigenvalue weighted by molar-refractivity contribution is -0.384. The molecule has 7 heteroatoms. The minimum absolute atomic E-state index is 0.0252. The Balaban J connectivity index is 2.00. The molecule has 0 saturated heterocycles. The summed E-state index contributed by atoms with van der Waals surface area (Å²) in [5.74, 6) is -0.175. The molecule has 1 N–H and O–H groups in total. The number of para-hydroxylation sites is 2. The van der Waals surface area contributed by atoms with Gasteiger partial charge < -0.3 is 14.9 Å². The predicted molar refractivity (Wildman–Crippen MR) is 87.4 cm³/mol. The summed E-state index contributed by atoms with van der Waals surface area (Å²) in [4.78, 5) is 26.0. The molecule has 1 amide bonds. The van der Waals surface area contributed by atoms with Crippen LogP contribution in [-0.2, 0) is 4.79 Å². The third-order valence-electron chi connectivity index (χ3n) is 4.35. The molecular weight excluding hydrogens is 298 g/mol. The number of carbonyl (C=O) groups excluding carboxylic acids is 1. The minimum Gasteiger partial charge on any atom is -0.388 e. The normalized spacial score (nSPS) is 16.1. The number of nitrogens with zero attached hydrogens (tertiary/aromatic N) is 3. The van der Waals surface area contributed by atoms with Gasteiger partial charge >= 0.3 is 0 Å². The number of likely N-dealkylation sites (N-methyl/N-ethyl adjacent to an activating group) is 2. The highest BCUT2D eigenvalue weighted by atomic mass is 16.6. The number of anilines is 1. The number of rotatable bonds is 6. The highest BCUT2D eigenvalue weighted by molar-refractivity contribution is 5.82.